The Morgan fingerprint density at radius 3 is 2.75 bits per heavy atom. The number of benzene rings is 1. The molecule has 3 rings (SSSR count). The van der Waals surface area contributed by atoms with Gasteiger partial charge in [-0.1, -0.05) is 24.8 Å². The highest BCUT2D eigenvalue weighted by atomic mass is 32.2. The first kappa shape index (κ1) is 20.3. The predicted molar refractivity (Wildman–Crippen MR) is 110 cm³/mol. The zero-order chi connectivity index (χ0) is 20.3. The number of rotatable bonds is 7. The number of thioether (sulfide) groups is 1. The smallest absolute Gasteiger partial charge is 0.279 e. The summed E-state index contributed by atoms with van der Waals surface area (Å²) in [5.74, 6) is 2.07. The quantitative estimate of drug-likeness (QED) is 0.565. The van der Waals surface area contributed by atoms with E-state index in [1.54, 1.807) is 17.7 Å². The van der Waals surface area contributed by atoms with Crippen LogP contribution in [0.1, 0.15) is 43.7 Å². The summed E-state index contributed by atoms with van der Waals surface area (Å²) < 4.78 is 12.8. The predicted octanol–water partition coefficient (Wildman–Crippen LogP) is 3.16. The Kier molecular flexibility index (Phi) is 6.28. The van der Waals surface area contributed by atoms with Crippen molar-refractivity contribution in [2.24, 2.45) is 7.05 Å². The maximum Gasteiger partial charge on any atom is 0.279 e. The van der Waals surface area contributed by atoms with Gasteiger partial charge in [-0.05, 0) is 31.0 Å². The zero-order valence-electron chi connectivity index (χ0n) is 16.6. The summed E-state index contributed by atoms with van der Waals surface area (Å²) in [6.07, 6.45) is 1.15. The number of hydrogen-bond donors (Lipinski definition) is 1. The number of nitrogens with zero attached hydrogens (tertiary/aromatic N) is 2. The minimum atomic E-state index is -0.384. The van der Waals surface area contributed by atoms with Crippen LogP contribution in [0.15, 0.2) is 28.2 Å². The molecule has 0 bridgehead atoms. The fraction of sp³-hybridized carbons (Fsp3) is 0.450. The molecule has 8 heteroatoms. The highest BCUT2D eigenvalue weighted by Gasteiger charge is 2.32. The molecule has 0 saturated carbocycles. The van der Waals surface area contributed by atoms with Crippen LogP contribution in [-0.4, -0.2) is 34.9 Å². The fourth-order valence-electron chi connectivity index (χ4n) is 3.32. The largest absolute Gasteiger partial charge is 0.493 e. The second kappa shape index (κ2) is 8.68. The fourth-order valence-corrected chi connectivity index (χ4v) is 4.14. The lowest BCUT2D eigenvalue weighted by Gasteiger charge is -2.28. The molecule has 0 spiro atoms. The second-order valence-electron chi connectivity index (χ2n) is 6.52. The van der Waals surface area contributed by atoms with Gasteiger partial charge in [0.2, 0.25) is 5.91 Å². The Bertz CT molecular complexity index is 942. The number of nitrogens with one attached hydrogen (secondary N) is 1. The standard InChI is InChI=1S/C20H25N3O4S/c1-5-9-28-20-22-19(25)17-13(11-16(24)21-18(17)23(20)3)12-7-8-14(26-4)15(10-12)27-6-2/h7-8,10,13H,5-6,9,11H2,1-4H3,(H,21,24)/t13-/m0/s1. The molecule has 150 valence electrons. The highest BCUT2D eigenvalue weighted by molar-refractivity contribution is 7.99. The number of aromatic nitrogens is 2. The molecule has 1 aliphatic heterocycles. The maximum absolute atomic E-state index is 12.9. The van der Waals surface area contributed by atoms with Crippen LogP contribution < -0.4 is 20.3 Å². The van der Waals surface area contributed by atoms with Crippen molar-refractivity contribution < 1.29 is 14.3 Å². The van der Waals surface area contributed by atoms with Crippen molar-refractivity contribution in [1.82, 2.24) is 9.55 Å². The second-order valence-corrected chi connectivity index (χ2v) is 7.58. The lowest BCUT2D eigenvalue weighted by Crippen LogP contribution is -2.33. The van der Waals surface area contributed by atoms with Gasteiger partial charge in [0.15, 0.2) is 16.7 Å². The first-order valence-electron chi connectivity index (χ1n) is 9.34. The molecular formula is C20H25N3O4S. The number of amides is 1. The van der Waals surface area contributed by atoms with Crippen molar-refractivity contribution in [1.29, 1.82) is 0 Å². The third-order valence-electron chi connectivity index (χ3n) is 4.63. The van der Waals surface area contributed by atoms with E-state index in [1.807, 2.05) is 26.1 Å². The van der Waals surface area contributed by atoms with E-state index in [4.69, 9.17) is 9.47 Å². The van der Waals surface area contributed by atoms with Gasteiger partial charge in [0.1, 0.15) is 5.82 Å². The number of fused-ring (bicyclic) bond motifs is 1. The highest BCUT2D eigenvalue weighted by Crippen LogP contribution is 2.39. The summed E-state index contributed by atoms with van der Waals surface area (Å²) in [4.78, 5) is 29.6. The number of carbonyl (C=O) groups is 1. The van der Waals surface area contributed by atoms with Crippen LogP contribution in [0.3, 0.4) is 0 Å². The van der Waals surface area contributed by atoms with Gasteiger partial charge in [0.25, 0.3) is 5.56 Å². The molecule has 0 radical (unpaired) electrons. The normalized spacial score (nSPS) is 15.7. The van der Waals surface area contributed by atoms with Gasteiger partial charge in [-0.25, -0.2) is 0 Å². The SMILES string of the molecule is CCCSc1nc(=O)c2c(n1C)NC(=O)C[C@H]2c1ccc(OC)c(OCC)c1. The van der Waals surface area contributed by atoms with Gasteiger partial charge in [-0.2, -0.15) is 4.98 Å². The summed E-state index contributed by atoms with van der Waals surface area (Å²) in [5.41, 5.74) is 1.04. The van der Waals surface area contributed by atoms with Crippen LogP contribution in [0, 0.1) is 0 Å². The van der Waals surface area contributed by atoms with Crippen LogP contribution >= 0.6 is 11.8 Å². The summed E-state index contributed by atoms with van der Waals surface area (Å²) in [7, 11) is 3.40. The van der Waals surface area contributed by atoms with Gasteiger partial charge in [-0.15, -0.1) is 0 Å². The molecule has 1 aromatic carbocycles. The van der Waals surface area contributed by atoms with Gasteiger partial charge in [0.05, 0.1) is 19.3 Å². The molecule has 1 N–H and O–H groups in total. The molecule has 1 aliphatic rings. The monoisotopic (exact) mass is 403 g/mol. The van der Waals surface area contributed by atoms with Crippen LogP contribution in [-0.2, 0) is 11.8 Å². The summed E-state index contributed by atoms with van der Waals surface area (Å²) >= 11 is 1.51. The number of ether oxygens (including phenoxy) is 2. The van der Waals surface area contributed by atoms with Crippen molar-refractivity contribution in [2.75, 3.05) is 24.8 Å². The van der Waals surface area contributed by atoms with E-state index in [1.165, 1.54) is 11.8 Å². The molecule has 0 fully saturated rings. The van der Waals surface area contributed by atoms with E-state index in [2.05, 4.69) is 17.2 Å². The molecule has 0 unspecified atom stereocenters. The van der Waals surface area contributed by atoms with Gasteiger partial charge in [0, 0.05) is 25.1 Å². The Morgan fingerprint density at radius 1 is 1.29 bits per heavy atom. The summed E-state index contributed by atoms with van der Waals surface area (Å²) in [6, 6.07) is 5.51. The summed E-state index contributed by atoms with van der Waals surface area (Å²) in [6.45, 7) is 4.45. The first-order valence-corrected chi connectivity index (χ1v) is 10.3. The topological polar surface area (TPSA) is 82.5 Å². The van der Waals surface area contributed by atoms with E-state index in [0.29, 0.717) is 34.6 Å². The molecule has 1 atom stereocenters. The van der Waals surface area contributed by atoms with Crippen molar-refractivity contribution in [3.63, 3.8) is 0 Å². The lowest BCUT2D eigenvalue weighted by molar-refractivity contribution is -0.116. The third kappa shape index (κ3) is 3.87. The van der Waals surface area contributed by atoms with Gasteiger partial charge in [-0.3, -0.25) is 9.59 Å². The maximum atomic E-state index is 12.9. The molecule has 7 nitrogen and oxygen atoms in total. The Labute approximate surface area is 168 Å². The average Bonchev–Trinajstić information content (AvgIpc) is 2.69. The molecule has 2 aromatic rings. The summed E-state index contributed by atoms with van der Waals surface area (Å²) in [5, 5.41) is 3.47. The first-order chi connectivity index (χ1) is 13.5. The Hall–Kier alpha value is -2.48. The number of anilines is 1. The minimum Gasteiger partial charge on any atom is -0.493 e. The van der Waals surface area contributed by atoms with Gasteiger partial charge >= 0.3 is 0 Å². The van der Waals surface area contributed by atoms with Crippen LogP contribution in [0.4, 0.5) is 5.82 Å². The van der Waals surface area contributed by atoms with E-state index < -0.39 is 0 Å². The molecule has 28 heavy (non-hydrogen) atoms. The van der Waals surface area contributed by atoms with Crippen LogP contribution in [0.5, 0.6) is 11.5 Å². The average molecular weight is 404 g/mol. The molecule has 0 saturated heterocycles. The number of hydrogen-bond acceptors (Lipinski definition) is 6. The minimum absolute atomic E-state index is 0.126. The van der Waals surface area contributed by atoms with Crippen molar-refractivity contribution in [2.45, 2.75) is 37.8 Å². The lowest BCUT2D eigenvalue weighted by atomic mass is 9.86. The number of carbonyl (C=O) groups excluding carboxylic acids is 1. The number of methoxy groups -OCH3 is 1. The van der Waals surface area contributed by atoms with Crippen molar-refractivity contribution in [3.8, 4) is 11.5 Å². The molecular weight excluding hydrogens is 378 g/mol. The molecule has 1 amide bonds. The third-order valence-corrected chi connectivity index (χ3v) is 5.86. The van der Waals surface area contributed by atoms with Crippen molar-refractivity contribution >= 4 is 23.5 Å². The molecule has 0 aliphatic carbocycles. The van der Waals surface area contributed by atoms with Crippen LogP contribution in [0.2, 0.25) is 0 Å². The van der Waals surface area contributed by atoms with Gasteiger partial charge < -0.3 is 19.4 Å². The molecule has 1 aromatic heterocycles. The van der Waals surface area contributed by atoms with E-state index >= 15 is 0 Å². The van der Waals surface area contributed by atoms with Crippen molar-refractivity contribution in [3.05, 3.63) is 39.7 Å². The van der Waals surface area contributed by atoms with Crippen LogP contribution in [0.25, 0.3) is 0 Å². The Balaban J connectivity index is 2.11. The zero-order valence-corrected chi connectivity index (χ0v) is 17.4. The van der Waals surface area contributed by atoms with E-state index in [-0.39, 0.29) is 23.8 Å². The van der Waals surface area contributed by atoms with E-state index in [9.17, 15) is 9.59 Å². The Morgan fingerprint density at radius 2 is 2.07 bits per heavy atom. The van der Waals surface area contributed by atoms with E-state index in [0.717, 1.165) is 17.7 Å². The molecule has 2 heterocycles.